The van der Waals surface area contributed by atoms with Crippen LogP contribution in [-0.2, 0) is 11.2 Å². The number of rotatable bonds is 3. The largest absolute Gasteiger partial charge is 0.490 e. The van der Waals surface area contributed by atoms with E-state index in [0.717, 1.165) is 11.1 Å². The molecule has 2 amide bonds. The van der Waals surface area contributed by atoms with Gasteiger partial charge in [-0.15, -0.1) is 0 Å². The van der Waals surface area contributed by atoms with Crippen LogP contribution in [0.25, 0.3) is 0 Å². The maximum absolute atomic E-state index is 13.7. The number of ether oxygens (including phenoxy) is 1. The first-order chi connectivity index (χ1) is 17.0. The van der Waals surface area contributed by atoms with Crippen molar-refractivity contribution in [2.45, 2.75) is 44.4 Å². The summed E-state index contributed by atoms with van der Waals surface area (Å²) in [5.74, 6) is 0.104. The first-order valence-corrected chi connectivity index (χ1v) is 12.1. The number of amides is 2. The van der Waals surface area contributed by atoms with Gasteiger partial charge in [0.2, 0.25) is 5.91 Å². The summed E-state index contributed by atoms with van der Waals surface area (Å²) in [6, 6.07) is 26.1. The molecule has 0 saturated heterocycles. The lowest BCUT2D eigenvalue weighted by atomic mass is 9.99. The first-order valence-electron chi connectivity index (χ1n) is 12.1. The van der Waals surface area contributed by atoms with E-state index in [1.807, 2.05) is 85.8 Å². The molecule has 1 N–H and O–H groups in total. The van der Waals surface area contributed by atoms with E-state index in [2.05, 4.69) is 17.5 Å². The zero-order valence-electron chi connectivity index (χ0n) is 20.3. The molecule has 0 spiro atoms. The molecule has 1 heterocycles. The number of likely N-dealkylation sites (N-methyl/N-ethyl adjacent to an activating group) is 1. The fraction of sp³-hybridized carbons (Fsp3) is 0.267. The van der Waals surface area contributed by atoms with Crippen LogP contribution in [0, 0.1) is 0 Å². The normalized spacial score (nSPS) is 22.3. The lowest BCUT2D eigenvalue weighted by Gasteiger charge is -2.30. The van der Waals surface area contributed by atoms with Gasteiger partial charge in [0.25, 0.3) is 5.91 Å². The highest BCUT2D eigenvalue weighted by molar-refractivity contribution is 5.99. The van der Waals surface area contributed by atoms with Gasteiger partial charge in [-0.3, -0.25) is 9.59 Å². The van der Waals surface area contributed by atoms with Gasteiger partial charge < -0.3 is 15.0 Å². The van der Waals surface area contributed by atoms with Gasteiger partial charge in [0.05, 0.1) is 17.7 Å². The van der Waals surface area contributed by atoms with E-state index in [1.165, 1.54) is 0 Å². The molecule has 0 saturated carbocycles. The molecule has 5 heteroatoms. The van der Waals surface area contributed by atoms with Crippen molar-refractivity contribution >= 4 is 11.8 Å². The van der Waals surface area contributed by atoms with Crippen LogP contribution in [0.3, 0.4) is 0 Å². The average molecular weight is 469 g/mol. The van der Waals surface area contributed by atoms with Gasteiger partial charge >= 0.3 is 0 Å². The van der Waals surface area contributed by atoms with Crippen molar-refractivity contribution < 1.29 is 14.3 Å². The number of hydrogen-bond donors (Lipinski definition) is 1. The number of carbonyl (C=O) groups excluding carboxylic acids is 2. The molecule has 0 aliphatic carbocycles. The van der Waals surface area contributed by atoms with Crippen molar-refractivity contribution in [1.82, 2.24) is 10.2 Å². The van der Waals surface area contributed by atoms with Gasteiger partial charge in [0, 0.05) is 19.9 Å². The van der Waals surface area contributed by atoms with E-state index >= 15 is 0 Å². The van der Waals surface area contributed by atoms with Crippen LogP contribution in [0.2, 0.25) is 0 Å². The Labute approximate surface area is 207 Å². The Bertz CT molecular complexity index is 1160. The highest BCUT2D eigenvalue weighted by atomic mass is 16.5. The third kappa shape index (κ3) is 6.18. The number of fused-ring (bicyclic) bond motifs is 1. The second-order valence-electron chi connectivity index (χ2n) is 8.96. The van der Waals surface area contributed by atoms with Crippen molar-refractivity contribution in [2.24, 2.45) is 0 Å². The minimum absolute atomic E-state index is 0.0988. The number of nitrogens with zero attached hydrogens (tertiary/aromatic N) is 1. The maximum atomic E-state index is 13.7. The van der Waals surface area contributed by atoms with Gasteiger partial charge in [-0.05, 0) is 36.6 Å². The Morgan fingerprint density at radius 1 is 0.857 bits per heavy atom. The Hall–Kier alpha value is -3.86. The number of nitrogens with one attached hydrogen (secondary N) is 1. The Kier molecular flexibility index (Phi) is 7.99. The molecule has 0 aromatic heterocycles. The number of para-hydroxylation sites is 1. The summed E-state index contributed by atoms with van der Waals surface area (Å²) in [6.45, 7) is 2.00. The molecule has 0 radical (unpaired) electrons. The van der Waals surface area contributed by atoms with Crippen molar-refractivity contribution in [2.75, 3.05) is 7.05 Å². The lowest BCUT2D eigenvalue weighted by Crippen LogP contribution is -2.49. The molecule has 0 bridgehead atoms. The van der Waals surface area contributed by atoms with Crippen LogP contribution < -0.4 is 10.1 Å². The summed E-state index contributed by atoms with van der Waals surface area (Å²) in [6.07, 6.45) is 5.83. The first kappa shape index (κ1) is 24.3. The fourth-order valence-corrected chi connectivity index (χ4v) is 4.34. The predicted octanol–water partition coefficient (Wildman–Crippen LogP) is 5.34. The van der Waals surface area contributed by atoms with Crippen LogP contribution in [0.5, 0.6) is 5.75 Å². The second kappa shape index (κ2) is 11.5. The highest BCUT2D eigenvalue weighted by Crippen LogP contribution is 2.25. The van der Waals surface area contributed by atoms with Crippen LogP contribution in [0.1, 0.15) is 47.3 Å². The molecule has 1 aliphatic heterocycles. The minimum atomic E-state index is -0.687. The molecule has 3 atom stereocenters. The van der Waals surface area contributed by atoms with Crippen molar-refractivity contribution in [3.05, 3.63) is 114 Å². The van der Waals surface area contributed by atoms with Gasteiger partial charge in [-0.25, -0.2) is 0 Å². The van der Waals surface area contributed by atoms with Crippen molar-refractivity contribution in [3.63, 3.8) is 0 Å². The van der Waals surface area contributed by atoms with Crippen LogP contribution in [-0.4, -0.2) is 35.9 Å². The minimum Gasteiger partial charge on any atom is -0.490 e. The second-order valence-corrected chi connectivity index (χ2v) is 8.96. The number of hydrogen-bond acceptors (Lipinski definition) is 3. The van der Waals surface area contributed by atoms with Gasteiger partial charge in [0.15, 0.2) is 0 Å². The van der Waals surface area contributed by atoms with E-state index in [-0.39, 0.29) is 24.0 Å². The van der Waals surface area contributed by atoms with E-state index in [1.54, 1.807) is 18.0 Å². The molecule has 0 fully saturated rings. The molecule has 3 aromatic carbocycles. The van der Waals surface area contributed by atoms with Gasteiger partial charge in [-0.2, -0.15) is 0 Å². The van der Waals surface area contributed by atoms with E-state index in [9.17, 15) is 9.59 Å². The zero-order chi connectivity index (χ0) is 24.6. The van der Waals surface area contributed by atoms with E-state index < -0.39 is 6.04 Å². The van der Waals surface area contributed by atoms with E-state index in [0.29, 0.717) is 30.6 Å². The molecule has 180 valence electrons. The lowest BCUT2D eigenvalue weighted by molar-refractivity contribution is -0.126. The van der Waals surface area contributed by atoms with Crippen molar-refractivity contribution in [3.8, 4) is 5.75 Å². The summed E-state index contributed by atoms with van der Waals surface area (Å²) in [5, 5.41) is 3.23. The van der Waals surface area contributed by atoms with Gasteiger partial charge in [0.1, 0.15) is 11.8 Å². The molecule has 3 aromatic rings. The third-order valence-electron chi connectivity index (χ3n) is 6.33. The van der Waals surface area contributed by atoms with Crippen LogP contribution in [0.15, 0.2) is 97.1 Å². The quantitative estimate of drug-likeness (QED) is 0.528. The standard InChI is InChI=1S/C30H32N2O3/c1-22-13-9-11-19-26(24-16-7-4-8-17-24)31-29(33)27(21-23-14-5-3-6-15-23)32(2)30(34)25-18-10-12-20-28(25)35-22/h3-12,14-18,20,22,26-27H,13,19,21H2,1-2H3,(H,31,33)/b11-9+/t22-,26+,27+/m1/s1. The fourth-order valence-electron chi connectivity index (χ4n) is 4.34. The SMILES string of the molecule is C[C@@H]1C/C=C/C[C@@H](c2ccccc2)NC(=O)[C@H](Cc2ccccc2)N(C)C(=O)c2ccccc2O1. The highest BCUT2D eigenvalue weighted by Gasteiger charge is 2.31. The predicted molar refractivity (Wildman–Crippen MR) is 138 cm³/mol. The molecule has 0 unspecified atom stereocenters. The van der Waals surface area contributed by atoms with Crippen LogP contribution in [0.4, 0.5) is 0 Å². The Balaban J connectivity index is 1.73. The Morgan fingerprint density at radius 2 is 1.49 bits per heavy atom. The Morgan fingerprint density at radius 3 is 2.23 bits per heavy atom. The average Bonchev–Trinajstić information content (AvgIpc) is 2.89. The van der Waals surface area contributed by atoms with Crippen molar-refractivity contribution in [1.29, 1.82) is 0 Å². The molecule has 4 rings (SSSR count). The smallest absolute Gasteiger partial charge is 0.258 e. The summed E-state index contributed by atoms with van der Waals surface area (Å²) < 4.78 is 6.15. The summed E-state index contributed by atoms with van der Waals surface area (Å²) >= 11 is 0. The monoisotopic (exact) mass is 468 g/mol. The van der Waals surface area contributed by atoms with Gasteiger partial charge in [-0.1, -0.05) is 84.9 Å². The number of carbonyl (C=O) groups is 2. The summed E-state index contributed by atoms with van der Waals surface area (Å²) in [7, 11) is 1.69. The molecule has 1 aliphatic rings. The van der Waals surface area contributed by atoms with E-state index in [4.69, 9.17) is 4.74 Å². The molecule has 5 nitrogen and oxygen atoms in total. The summed E-state index contributed by atoms with van der Waals surface area (Å²) in [5.41, 5.74) is 2.47. The molecular weight excluding hydrogens is 436 g/mol. The number of benzene rings is 3. The topological polar surface area (TPSA) is 58.6 Å². The molecule has 35 heavy (non-hydrogen) atoms. The summed E-state index contributed by atoms with van der Waals surface area (Å²) in [4.78, 5) is 28.9. The zero-order valence-corrected chi connectivity index (χ0v) is 20.3. The van der Waals surface area contributed by atoms with Crippen LogP contribution >= 0.6 is 0 Å². The third-order valence-corrected chi connectivity index (χ3v) is 6.33. The molecular formula is C30H32N2O3. The maximum Gasteiger partial charge on any atom is 0.258 e.